The van der Waals surface area contributed by atoms with Crippen LogP contribution in [0.25, 0.3) is 5.69 Å². The van der Waals surface area contributed by atoms with Crippen molar-refractivity contribution in [2.75, 3.05) is 14.2 Å². The SMILES string of the molecule is COc1ccc([C@H]2c3cccn3-c3ccccc3CN2C(=O)NC2CCCC2)cc1OC. The zero-order chi connectivity index (χ0) is 22.1. The number of nitrogens with one attached hydrogen (secondary N) is 1. The molecule has 2 amide bonds. The minimum atomic E-state index is -0.265. The van der Waals surface area contributed by atoms with Crippen molar-refractivity contribution in [3.8, 4) is 17.2 Å². The fraction of sp³-hybridized carbons (Fsp3) is 0.346. The summed E-state index contributed by atoms with van der Waals surface area (Å²) < 4.78 is 13.2. The Balaban J connectivity index is 1.63. The average Bonchev–Trinajstić information content (AvgIpc) is 3.49. The van der Waals surface area contributed by atoms with E-state index >= 15 is 0 Å². The van der Waals surface area contributed by atoms with Crippen LogP contribution in [0.5, 0.6) is 11.5 Å². The van der Waals surface area contributed by atoms with Gasteiger partial charge in [-0.3, -0.25) is 0 Å². The molecular formula is C26H29N3O3. The van der Waals surface area contributed by atoms with Gasteiger partial charge in [0.1, 0.15) is 0 Å². The van der Waals surface area contributed by atoms with Gasteiger partial charge in [0.05, 0.1) is 32.5 Å². The minimum Gasteiger partial charge on any atom is -0.493 e. The summed E-state index contributed by atoms with van der Waals surface area (Å²) >= 11 is 0. The number of hydrogen-bond donors (Lipinski definition) is 1. The Kier molecular flexibility index (Phi) is 5.52. The van der Waals surface area contributed by atoms with E-state index in [0.29, 0.717) is 18.0 Å². The highest BCUT2D eigenvalue weighted by Crippen LogP contribution is 2.39. The highest BCUT2D eigenvalue weighted by molar-refractivity contribution is 5.76. The molecule has 6 heteroatoms. The third-order valence-electron chi connectivity index (χ3n) is 6.63. The number of rotatable bonds is 4. The van der Waals surface area contributed by atoms with Gasteiger partial charge in [0, 0.05) is 17.9 Å². The van der Waals surface area contributed by atoms with E-state index in [4.69, 9.17) is 9.47 Å². The molecule has 166 valence electrons. The standard InChI is InChI=1S/C26H29N3O3/c1-31-23-14-13-18(16-24(23)32-2)25-22-12-7-15-28(22)21-11-6-3-8-19(21)17-29(25)26(30)27-20-9-4-5-10-20/h3,6-8,11-16,20,25H,4-5,9-10,17H2,1-2H3,(H,27,30)/t25-/m0/s1. The van der Waals surface area contributed by atoms with Crippen LogP contribution in [0.4, 0.5) is 4.79 Å². The number of fused-ring (bicyclic) bond motifs is 3. The smallest absolute Gasteiger partial charge is 0.318 e. The second kappa shape index (κ2) is 8.61. The van der Waals surface area contributed by atoms with E-state index < -0.39 is 0 Å². The van der Waals surface area contributed by atoms with Crippen molar-refractivity contribution in [3.05, 3.63) is 77.6 Å². The van der Waals surface area contributed by atoms with Crippen LogP contribution in [-0.2, 0) is 6.54 Å². The molecule has 1 N–H and O–H groups in total. The monoisotopic (exact) mass is 431 g/mol. The van der Waals surface area contributed by atoms with E-state index in [1.807, 2.05) is 41.3 Å². The van der Waals surface area contributed by atoms with Crippen LogP contribution in [0.15, 0.2) is 60.8 Å². The zero-order valence-electron chi connectivity index (χ0n) is 18.6. The highest BCUT2D eigenvalue weighted by atomic mass is 16.5. The summed E-state index contributed by atoms with van der Waals surface area (Å²) in [6.45, 7) is 0.523. The van der Waals surface area contributed by atoms with Crippen molar-refractivity contribution >= 4 is 6.03 Å². The molecule has 1 aromatic heterocycles. The van der Waals surface area contributed by atoms with E-state index in [2.05, 4.69) is 34.3 Å². The number of carbonyl (C=O) groups is 1. The lowest BCUT2D eigenvalue weighted by Crippen LogP contribution is -2.45. The maximum Gasteiger partial charge on any atom is 0.318 e. The summed E-state index contributed by atoms with van der Waals surface area (Å²) in [4.78, 5) is 15.6. The van der Waals surface area contributed by atoms with Crippen molar-refractivity contribution < 1.29 is 14.3 Å². The van der Waals surface area contributed by atoms with Crippen molar-refractivity contribution in [2.45, 2.75) is 44.3 Å². The molecule has 6 nitrogen and oxygen atoms in total. The highest BCUT2D eigenvalue weighted by Gasteiger charge is 2.34. The number of ether oxygens (including phenoxy) is 2. The van der Waals surface area contributed by atoms with Crippen molar-refractivity contribution in [2.24, 2.45) is 0 Å². The third-order valence-corrected chi connectivity index (χ3v) is 6.63. The largest absolute Gasteiger partial charge is 0.493 e. The maximum absolute atomic E-state index is 13.7. The molecule has 32 heavy (non-hydrogen) atoms. The Hall–Kier alpha value is -3.41. The predicted molar refractivity (Wildman–Crippen MR) is 123 cm³/mol. The lowest BCUT2D eigenvalue weighted by atomic mass is 10.0. The van der Waals surface area contributed by atoms with Crippen LogP contribution < -0.4 is 14.8 Å². The molecule has 1 saturated carbocycles. The Labute approximate surface area is 188 Å². The van der Waals surface area contributed by atoms with Gasteiger partial charge in [-0.15, -0.1) is 0 Å². The summed E-state index contributed by atoms with van der Waals surface area (Å²) in [6.07, 6.45) is 6.52. The van der Waals surface area contributed by atoms with Crippen LogP contribution in [0.1, 0.15) is 48.5 Å². The van der Waals surface area contributed by atoms with Crippen LogP contribution >= 0.6 is 0 Å². The summed E-state index contributed by atoms with van der Waals surface area (Å²) in [5, 5.41) is 3.30. The van der Waals surface area contributed by atoms with E-state index in [-0.39, 0.29) is 18.1 Å². The number of carbonyl (C=O) groups excluding carboxylic acids is 1. The van der Waals surface area contributed by atoms with Gasteiger partial charge in [0.2, 0.25) is 0 Å². The Morgan fingerprint density at radius 2 is 1.75 bits per heavy atom. The fourth-order valence-electron chi connectivity index (χ4n) is 5.04. The molecular weight excluding hydrogens is 402 g/mol. The zero-order valence-corrected chi connectivity index (χ0v) is 18.6. The molecule has 0 unspecified atom stereocenters. The van der Waals surface area contributed by atoms with Crippen molar-refractivity contribution in [1.82, 2.24) is 14.8 Å². The van der Waals surface area contributed by atoms with Crippen LogP contribution in [-0.4, -0.2) is 35.8 Å². The van der Waals surface area contributed by atoms with E-state index in [9.17, 15) is 4.79 Å². The second-order valence-electron chi connectivity index (χ2n) is 8.51. The van der Waals surface area contributed by atoms with Crippen molar-refractivity contribution in [3.63, 3.8) is 0 Å². The molecule has 0 spiro atoms. The van der Waals surface area contributed by atoms with Crippen molar-refractivity contribution in [1.29, 1.82) is 0 Å². The number of methoxy groups -OCH3 is 2. The van der Waals surface area contributed by atoms with E-state index in [1.54, 1.807) is 14.2 Å². The molecule has 2 aromatic carbocycles. The van der Waals surface area contributed by atoms with Crippen LogP contribution in [0.3, 0.4) is 0 Å². The fourth-order valence-corrected chi connectivity index (χ4v) is 5.04. The van der Waals surface area contributed by atoms with Gasteiger partial charge in [-0.1, -0.05) is 37.1 Å². The number of nitrogens with zero attached hydrogens (tertiary/aromatic N) is 2. The molecule has 1 aliphatic heterocycles. The minimum absolute atomic E-state index is 0.0267. The first-order valence-corrected chi connectivity index (χ1v) is 11.2. The summed E-state index contributed by atoms with van der Waals surface area (Å²) in [5.41, 5.74) is 4.25. The van der Waals surface area contributed by atoms with Gasteiger partial charge in [0.25, 0.3) is 0 Å². The van der Waals surface area contributed by atoms with Crippen LogP contribution in [0.2, 0.25) is 0 Å². The number of benzene rings is 2. The topological polar surface area (TPSA) is 55.7 Å². The molecule has 3 aromatic rings. The molecule has 0 radical (unpaired) electrons. The lowest BCUT2D eigenvalue weighted by Gasteiger charge is -2.32. The van der Waals surface area contributed by atoms with E-state index in [1.165, 1.54) is 12.8 Å². The lowest BCUT2D eigenvalue weighted by molar-refractivity contribution is 0.176. The number of amides is 2. The predicted octanol–water partition coefficient (Wildman–Crippen LogP) is 5.05. The van der Waals surface area contributed by atoms with Gasteiger partial charge in [0.15, 0.2) is 11.5 Å². The number of para-hydroxylation sites is 1. The molecule has 1 fully saturated rings. The first kappa shape index (κ1) is 20.5. The Bertz CT molecular complexity index is 1120. The quantitative estimate of drug-likeness (QED) is 0.629. The molecule has 2 aliphatic rings. The molecule has 1 aliphatic carbocycles. The second-order valence-corrected chi connectivity index (χ2v) is 8.51. The van der Waals surface area contributed by atoms with E-state index in [0.717, 1.165) is 35.3 Å². The summed E-state index contributed by atoms with van der Waals surface area (Å²) in [7, 11) is 3.27. The van der Waals surface area contributed by atoms with Gasteiger partial charge in [-0.05, 0) is 54.3 Å². The number of hydrogen-bond acceptors (Lipinski definition) is 3. The van der Waals surface area contributed by atoms with Gasteiger partial charge in [-0.25, -0.2) is 4.79 Å². The normalized spacial score (nSPS) is 17.9. The first-order chi connectivity index (χ1) is 15.7. The molecule has 5 rings (SSSR count). The first-order valence-electron chi connectivity index (χ1n) is 11.2. The molecule has 1 atom stereocenters. The summed E-state index contributed by atoms with van der Waals surface area (Å²) in [5.74, 6) is 1.33. The molecule has 2 heterocycles. The Morgan fingerprint density at radius 1 is 0.969 bits per heavy atom. The van der Waals surface area contributed by atoms with Gasteiger partial charge < -0.3 is 24.3 Å². The van der Waals surface area contributed by atoms with Gasteiger partial charge >= 0.3 is 6.03 Å². The maximum atomic E-state index is 13.7. The van der Waals surface area contributed by atoms with Crippen LogP contribution in [0, 0.1) is 0 Å². The molecule has 0 bridgehead atoms. The number of urea groups is 1. The summed E-state index contributed by atoms with van der Waals surface area (Å²) in [6, 6.07) is 18.3. The number of aromatic nitrogens is 1. The molecule has 0 saturated heterocycles. The Morgan fingerprint density at radius 3 is 2.53 bits per heavy atom. The van der Waals surface area contributed by atoms with Gasteiger partial charge in [-0.2, -0.15) is 0 Å². The third kappa shape index (κ3) is 3.60. The average molecular weight is 432 g/mol.